The molecule has 6 nitrogen and oxygen atoms in total. The SMILES string of the molecule is Cc1[nH]c(C(Nc2ncc(C(F)(F)F)cc2F)c2ccc(Cl)c(F)c2)nc1S(C)(=N)=O. The van der Waals surface area contributed by atoms with Crippen molar-refractivity contribution in [2.45, 2.75) is 24.2 Å². The zero-order chi connectivity index (χ0) is 23.1. The highest BCUT2D eigenvalue weighted by molar-refractivity contribution is 7.91. The van der Waals surface area contributed by atoms with Gasteiger partial charge in [0.2, 0.25) is 0 Å². The Balaban J connectivity index is 2.10. The lowest BCUT2D eigenvalue weighted by atomic mass is 10.1. The number of rotatable bonds is 5. The molecule has 2 unspecified atom stereocenters. The van der Waals surface area contributed by atoms with Gasteiger partial charge >= 0.3 is 6.18 Å². The van der Waals surface area contributed by atoms with Gasteiger partial charge in [-0.2, -0.15) is 13.2 Å². The van der Waals surface area contributed by atoms with Crippen LogP contribution >= 0.6 is 11.6 Å². The summed E-state index contributed by atoms with van der Waals surface area (Å²) in [5, 5.41) is 2.34. The Morgan fingerprint density at radius 1 is 1.23 bits per heavy atom. The maximum Gasteiger partial charge on any atom is 0.417 e. The summed E-state index contributed by atoms with van der Waals surface area (Å²) >= 11 is 5.71. The fourth-order valence-electron chi connectivity index (χ4n) is 2.82. The summed E-state index contributed by atoms with van der Waals surface area (Å²) in [4.78, 5) is 10.4. The van der Waals surface area contributed by atoms with Gasteiger partial charge in [0.25, 0.3) is 0 Å². The molecule has 0 bridgehead atoms. The Kier molecular flexibility index (Phi) is 5.98. The maximum atomic E-state index is 14.4. The van der Waals surface area contributed by atoms with Crippen molar-refractivity contribution in [2.24, 2.45) is 0 Å². The van der Waals surface area contributed by atoms with Crippen LogP contribution in [0.4, 0.5) is 27.8 Å². The summed E-state index contributed by atoms with van der Waals surface area (Å²) in [5.41, 5.74) is -0.809. The van der Waals surface area contributed by atoms with Gasteiger partial charge < -0.3 is 10.3 Å². The molecule has 2 heterocycles. The van der Waals surface area contributed by atoms with Gasteiger partial charge in [0.1, 0.15) is 17.7 Å². The van der Waals surface area contributed by atoms with Crippen LogP contribution in [0.25, 0.3) is 0 Å². The molecule has 2 atom stereocenters. The smallest absolute Gasteiger partial charge is 0.354 e. The third-order valence-corrected chi connectivity index (χ3v) is 5.67. The molecule has 0 saturated heterocycles. The van der Waals surface area contributed by atoms with Crippen molar-refractivity contribution in [3.63, 3.8) is 0 Å². The average molecular weight is 480 g/mol. The number of imidazole rings is 1. The highest BCUT2D eigenvalue weighted by Crippen LogP contribution is 2.33. The first-order valence-corrected chi connectivity index (χ1v) is 10.9. The van der Waals surface area contributed by atoms with Crippen LogP contribution in [0.15, 0.2) is 35.5 Å². The molecule has 0 aliphatic heterocycles. The minimum atomic E-state index is -4.78. The molecular formula is C18H15ClF5N5OS. The fraction of sp³-hybridized carbons (Fsp3) is 0.222. The van der Waals surface area contributed by atoms with Crippen LogP contribution in [-0.4, -0.2) is 25.4 Å². The minimum Gasteiger partial charge on any atom is -0.354 e. The van der Waals surface area contributed by atoms with Crippen LogP contribution in [0.2, 0.25) is 5.02 Å². The quantitative estimate of drug-likeness (QED) is 0.433. The van der Waals surface area contributed by atoms with Crippen molar-refractivity contribution in [2.75, 3.05) is 11.6 Å². The molecule has 0 spiro atoms. The van der Waals surface area contributed by atoms with E-state index >= 15 is 0 Å². The van der Waals surface area contributed by atoms with Crippen LogP contribution < -0.4 is 5.32 Å². The van der Waals surface area contributed by atoms with E-state index in [1.807, 2.05) is 0 Å². The van der Waals surface area contributed by atoms with E-state index in [4.69, 9.17) is 16.4 Å². The maximum absolute atomic E-state index is 14.4. The normalized spacial score (nSPS) is 14.8. The van der Waals surface area contributed by atoms with E-state index in [2.05, 4.69) is 20.3 Å². The number of pyridine rings is 1. The summed E-state index contributed by atoms with van der Waals surface area (Å²) in [6.07, 6.45) is -3.18. The first-order valence-electron chi connectivity index (χ1n) is 8.52. The van der Waals surface area contributed by atoms with E-state index in [0.29, 0.717) is 11.9 Å². The van der Waals surface area contributed by atoms with Crippen LogP contribution in [0.5, 0.6) is 0 Å². The number of aromatic amines is 1. The number of benzene rings is 1. The second-order valence-electron chi connectivity index (χ2n) is 6.70. The molecule has 0 aliphatic carbocycles. The number of H-pyrrole nitrogens is 1. The Morgan fingerprint density at radius 2 is 1.90 bits per heavy atom. The summed E-state index contributed by atoms with van der Waals surface area (Å²) in [6, 6.07) is 2.80. The Bertz CT molecular complexity index is 1240. The van der Waals surface area contributed by atoms with E-state index < -0.39 is 45.0 Å². The molecule has 166 valence electrons. The van der Waals surface area contributed by atoms with Crippen molar-refractivity contribution >= 4 is 27.1 Å². The first kappa shape index (κ1) is 22.9. The highest BCUT2D eigenvalue weighted by atomic mass is 35.5. The Labute approximate surface area is 178 Å². The molecule has 0 aliphatic rings. The van der Waals surface area contributed by atoms with Gasteiger partial charge in [-0.05, 0) is 30.7 Å². The van der Waals surface area contributed by atoms with Crippen molar-refractivity contribution in [3.05, 3.63) is 69.8 Å². The van der Waals surface area contributed by atoms with Gasteiger partial charge in [-0.3, -0.25) is 0 Å². The Hall–Kier alpha value is -2.73. The van der Waals surface area contributed by atoms with E-state index in [-0.39, 0.29) is 27.5 Å². The van der Waals surface area contributed by atoms with E-state index in [1.54, 1.807) is 0 Å². The molecule has 3 rings (SSSR count). The topological polar surface area (TPSA) is 94.5 Å². The summed E-state index contributed by atoms with van der Waals surface area (Å²) in [6.45, 7) is 1.51. The molecule has 31 heavy (non-hydrogen) atoms. The molecular weight excluding hydrogens is 465 g/mol. The van der Waals surface area contributed by atoms with Gasteiger partial charge in [-0.1, -0.05) is 17.7 Å². The lowest BCUT2D eigenvalue weighted by Crippen LogP contribution is -2.17. The number of nitrogens with zero attached hydrogens (tertiary/aromatic N) is 2. The highest BCUT2D eigenvalue weighted by Gasteiger charge is 2.32. The van der Waals surface area contributed by atoms with Crippen LogP contribution in [-0.2, 0) is 15.9 Å². The second-order valence-corrected chi connectivity index (χ2v) is 9.18. The average Bonchev–Trinajstić information content (AvgIpc) is 3.04. The molecule has 13 heteroatoms. The molecule has 1 aromatic carbocycles. The second kappa shape index (κ2) is 8.08. The van der Waals surface area contributed by atoms with Gasteiger partial charge in [0, 0.05) is 18.1 Å². The van der Waals surface area contributed by atoms with Crippen molar-refractivity contribution in [1.82, 2.24) is 15.0 Å². The first-order chi connectivity index (χ1) is 14.3. The Morgan fingerprint density at radius 3 is 2.42 bits per heavy atom. The standard InChI is InChI=1S/C18H15ClF5N5OS/c1-8-17(31(2,25)30)29-16(27-8)14(9-3-4-11(19)12(20)5-9)28-15-13(21)6-10(7-26-15)18(22,23)24/h3-7,14,25H,1-2H3,(H,26,28)(H,27,29). The van der Waals surface area contributed by atoms with Crippen molar-refractivity contribution in [3.8, 4) is 0 Å². The number of hydrogen-bond acceptors (Lipinski definition) is 5. The third kappa shape index (κ3) is 4.96. The molecule has 0 fully saturated rings. The summed E-state index contributed by atoms with van der Waals surface area (Å²) < 4.78 is 86.7. The lowest BCUT2D eigenvalue weighted by molar-refractivity contribution is -0.138. The minimum absolute atomic E-state index is 0.0251. The summed E-state index contributed by atoms with van der Waals surface area (Å²) in [7, 11) is -3.23. The predicted molar refractivity (Wildman–Crippen MR) is 104 cm³/mol. The number of halogens is 6. The number of hydrogen-bond donors (Lipinski definition) is 3. The molecule has 3 N–H and O–H groups in total. The number of anilines is 1. The molecule has 0 saturated carbocycles. The van der Waals surface area contributed by atoms with Gasteiger partial charge in [0.15, 0.2) is 16.7 Å². The van der Waals surface area contributed by atoms with E-state index in [0.717, 1.165) is 12.3 Å². The zero-order valence-electron chi connectivity index (χ0n) is 15.9. The number of alkyl halides is 3. The van der Waals surface area contributed by atoms with E-state index in [1.165, 1.54) is 19.1 Å². The van der Waals surface area contributed by atoms with Crippen LogP contribution in [0.1, 0.15) is 28.7 Å². The largest absolute Gasteiger partial charge is 0.417 e. The van der Waals surface area contributed by atoms with E-state index in [9.17, 15) is 26.2 Å². The number of aromatic nitrogens is 3. The molecule has 3 aromatic rings. The monoisotopic (exact) mass is 479 g/mol. The lowest BCUT2D eigenvalue weighted by Gasteiger charge is -2.19. The molecule has 0 radical (unpaired) electrons. The summed E-state index contributed by atoms with van der Waals surface area (Å²) in [5.74, 6) is -2.61. The molecule has 2 aromatic heterocycles. The number of aryl methyl sites for hydroxylation is 1. The van der Waals surface area contributed by atoms with Gasteiger partial charge in [-0.15, -0.1) is 0 Å². The molecule has 0 amide bonds. The zero-order valence-corrected chi connectivity index (χ0v) is 17.5. The van der Waals surface area contributed by atoms with Gasteiger partial charge in [0.05, 0.1) is 20.3 Å². The predicted octanol–water partition coefficient (Wildman–Crippen LogP) is 5.30. The van der Waals surface area contributed by atoms with Crippen molar-refractivity contribution < 1.29 is 26.2 Å². The van der Waals surface area contributed by atoms with Gasteiger partial charge in [-0.25, -0.2) is 27.7 Å². The third-order valence-electron chi connectivity index (χ3n) is 4.23. The number of nitrogens with one attached hydrogen (secondary N) is 3. The van der Waals surface area contributed by atoms with Crippen LogP contribution in [0.3, 0.4) is 0 Å². The van der Waals surface area contributed by atoms with Crippen LogP contribution in [0, 0.1) is 23.3 Å². The fourth-order valence-corrected chi connectivity index (χ4v) is 3.85. The van der Waals surface area contributed by atoms with Crippen molar-refractivity contribution in [1.29, 1.82) is 4.78 Å².